The predicted octanol–water partition coefficient (Wildman–Crippen LogP) is 5.21. The zero-order chi connectivity index (χ0) is 45.0. The van der Waals surface area contributed by atoms with E-state index in [1.54, 1.807) is 9.80 Å². The van der Waals surface area contributed by atoms with Gasteiger partial charge in [0.25, 0.3) is 0 Å². The molecule has 18 heteroatoms. The molecule has 0 aliphatic carbocycles. The fourth-order valence-corrected chi connectivity index (χ4v) is 7.78. The highest BCUT2D eigenvalue weighted by molar-refractivity contribution is 5.69. The second kappa shape index (κ2) is 21.1. The molecule has 0 unspecified atom stereocenters. The minimum atomic E-state index is -0.563. The minimum absolute atomic E-state index is 0.234. The van der Waals surface area contributed by atoms with Gasteiger partial charge in [-0.2, -0.15) is 29.9 Å². The lowest BCUT2D eigenvalue weighted by Crippen LogP contribution is -2.51. The molecule has 65 heavy (non-hydrogen) atoms. The molecule has 3 aliphatic rings. The molecule has 18 nitrogen and oxygen atoms in total. The molecular formula is C47H60N14O4. The van der Waals surface area contributed by atoms with Crippen molar-refractivity contribution in [1.82, 2.24) is 39.7 Å². The molecule has 5 aromatic rings. The summed E-state index contributed by atoms with van der Waals surface area (Å²) in [6.45, 7) is 13.9. The van der Waals surface area contributed by atoms with E-state index >= 15 is 0 Å². The molecule has 0 radical (unpaired) electrons. The monoisotopic (exact) mass is 884 g/mol. The summed E-state index contributed by atoms with van der Waals surface area (Å²) in [5, 5.41) is 6.91. The first-order chi connectivity index (χ1) is 31.6. The Kier molecular flexibility index (Phi) is 14.5. The van der Waals surface area contributed by atoms with Crippen LogP contribution in [0.5, 0.6) is 0 Å². The van der Waals surface area contributed by atoms with Crippen LogP contribution >= 0.6 is 0 Å². The number of rotatable bonds is 14. The number of nitrogens with zero attached hydrogens (tertiary/aromatic N) is 12. The van der Waals surface area contributed by atoms with Crippen molar-refractivity contribution in [3.63, 3.8) is 0 Å². The topological polar surface area (TPSA) is 173 Å². The van der Waals surface area contributed by atoms with Gasteiger partial charge in [-0.1, -0.05) is 91.0 Å². The summed E-state index contributed by atoms with van der Waals surface area (Å²) < 4.78 is 11.3. The van der Waals surface area contributed by atoms with Gasteiger partial charge in [0.2, 0.25) is 35.7 Å². The number of hydrogen-bond acceptors (Lipinski definition) is 16. The Bertz CT molecular complexity index is 2300. The van der Waals surface area contributed by atoms with Crippen molar-refractivity contribution in [3.05, 3.63) is 108 Å². The second-order valence-corrected chi connectivity index (χ2v) is 17.3. The van der Waals surface area contributed by atoms with Gasteiger partial charge < -0.3 is 49.5 Å². The molecule has 3 saturated heterocycles. The van der Waals surface area contributed by atoms with Gasteiger partial charge in [-0.25, -0.2) is 9.59 Å². The molecule has 0 bridgehead atoms. The third-order valence-electron chi connectivity index (χ3n) is 11.4. The maximum Gasteiger partial charge on any atom is 0.410 e. The molecule has 5 heterocycles. The number of nitrogens with one attached hydrogen (secondary N) is 2. The van der Waals surface area contributed by atoms with Crippen molar-refractivity contribution < 1.29 is 19.1 Å². The van der Waals surface area contributed by atoms with Crippen molar-refractivity contribution in [2.24, 2.45) is 0 Å². The lowest BCUT2D eigenvalue weighted by molar-refractivity contribution is 0.0240. The average Bonchev–Trinajstić information content (AvgIpc) is 3.34. The zero-order valence-electron chi connectivity index (χ0n) is 37.7. The predicted molar refractivity (Wildman–Crippen MR) is 252 cm³/mol. The SMILES string of the molecule is CC(C)(C)OC(=O)N1CCN(c2nc(NCCc3ccccc3)nc(N3CCN(c4nc(NCCc5ccccc5)nc(N5CCN(C(=O)OCc6ccccc6)CC5)n4)CC3)n2)CC1. The molecule has 3 fully saturated rings. The van der Waals surface area contributed by atoms with E-state index in [-0.39, 0.29) is 18.8 Å². The van der Waals surface area contributed by atoms with Crippen LogP contribution in [0.1, 0.15) is 37.5 Å². The van der Waals surface area contributed by atoms with Crippen LogP contribution in [0.15, 0.2) is 91.0 Å². The minimum Gasteiger partial charge on any atom is -0.445 e. The number of piperazine rings is 3. The van der Waals surface area contributed by atoms with E-state index < -0.39 is 5.60 Å². The molecular weight excluding hydrogens is 825 g/mol. The van der Waals surface area contributed by atoms with Crippen molar-refractivity contribution >= 4 is 47.9 Å². The first-order valence-electron chi connectivity index (χ1n) is 22.6. The Morgan fingerprint density at radius 2 is 0.815 bits per heavy atom. The third kappa shape index (κ3) is 12.6. The van der Waals surface area contributed by atoms with Crippen molar-refractivity contribution in [1.29, 1.82) is 0 Å². The van der Waals surface area contributed by atoms with Crippen LogP contribution in [0.3, 0.4) is 0 Å². The fraction of sp³-hybridized carbons (Fsp3) is 0.447. The van der Waals surface area contributed by atoms with Crippen LogP contribution in [0.2, 0.25) is 0 Å². The molecule has 0 atom stereocenters. The average molecular weight is 885 g/mol. The number of hydrogen-bond donors (Lipinski definition) is 2. The lowest BCUT2D eigenvalue weighted by Gasteiger charge is -2.37. The van der Waals surface area contributed by atoms with E-state index in [1.165, 1.54) is 11.1 Å². The van der Waals surface area contributed by atoms with Crippen molar-refractivity contribution in [2.45, 2.75) is 45.8 Å². The van der Waals surface area contributed by atoms with Crippen LogP contribution < -0.4 is 30.2 Å². The maximum atomic E-state index is 13.0. The summed E-state index contributed by atoms with van der Waals surface area (Å²) >= 11 is 0. The maximum absolute atomic E-state index is 13.0. The molecule has 3 aromatic carbocycles. The number of ether oxygens (including phenoxy) is 2. The Morgan fingerprint density at radius 1 is 0.477 bits per heavy atom. The van der Waals surface area contributed by atoms with Crippen molar-refractivity contribution in [3.8, 4) is 0 Å². The van der Waals surface area contributed by atoms with E-state index in [1.807, 2.05) is 87.5 Å². The molecule has 2 amide bonds. The number of benzene rings is 3. The van der Waals surface area contributed by atoms with Gasteiger partial charge in [-0.05, 0) is 50.3 Å². The van der Waals surface area contributed by atoms with Gasteiger partial charge in [-0.3, -0.25) is 0 Å². The number of aromatic nitrogens is 6. The zero-order valence-corrected chi connectivity index (χ0v) is 37.7. The van der Waals surface area contributed by atoms with Gasteiger partial charge in [0.1, 0.15) is 12.2 Å². The van der Waals surface area contributed by atoms with Gasteiger partial charge in [-0.15, -0.1) is 0 Å². The standard InChI is InChI=1S/C47H60N14O4/c1-47(2,3)65-46(63)61-33-29-59(30-34-61)44-53-40(49-22-20-37-15-9-5-10-16-37)51-42(55-44)57-25-23-56(24-26-57)41-50-39(48-21-19-36-13-7-4-8-14-36)52-43(54-41)58-27-31-60(32-28-58)45(62)64-35-38-17-11-6-12-18-38/h4-18H,19-35H2,1-3H3,(H,48,50,52,54)(H,49,51,53,55). The number of carbonyl (C=O) groups excluding carboxylic acids is 2. The molecule has 0 saturated carbocycles. The lowest BCUT2D eigenvalue weighted by atomic mass is 10.1. The summed E-state index contributed by atoms with van der Waals surface area (Å²) in [6, 6.07) is 30.4. The molecule has 2 N–H and O–H groups in total. The van der Waals surface area contributed by atoms with Crippen LogP contribution in [-0.4, -0.2) is 149 Å². The van der Waals surface area contributed by atoms with Crippen LogP contribution in [-0.2, 0) is 28.9 Å². The number of amides is 2. The van der Waals surface area contributed by atoms with E-state index in [4.69, 9.17) is 39.4 Å². The Hall–Kier alpha value is -6.98. The summed E-state index contributed by atoms with van der Waals surface area (Å²) in [5.41, 5.74) is 2.83. The number of carbonyl (C=O) groups is 2. The summed E-state index contributed by atoms with van der Waals surface area (Å²) in [5.74, 6) is 3.33. The van der Waals surface area contributed by atoms with Crippen LogP contribution in [0.25, 0.3) is 0 Å². The van der Waals surface area contributed by atoms with Gasteiger partial charge in [0.05, 0.1) is 0 Å². The Labute approximate surface area is 381 Å². The second-order valence-electron chi connectivity index (χ2n) is 17.3. The fourth-order valence-electron chi connectivity index (χ4n) is 7.78. The Balaban J connectivity index is 0.945. The third-order valence-corrected chi connectivity index (χ3v) is 11.4. The van der Waals surface area contributed by atoms with E-state index in [2.05, 4.69) is 54.5 Å². The highest BCUT2D eigenvalue weighted by atomic mass is 16.6. The Morgan fingerprint density at radius 3 is 1.18 bits per heavy atom. The number of anilines is 6. The van der Waals surface area contributed by atoms with Crippen molar-refractivity contribution in [2.75, 3.05) is 122 Å². The highest BCUT2D eigenvalue weighted by Crippen LogP contribution is 2.24. The quantitative estimate of drug-likeness (QED) is 0.149. The first-order valence-corrected chi connectivity index (χ1v) is 22.6. The smallest absolute Gasteiger partial charge is 0.410 e. The normalized spacial score (nSPS) is 15.7. The van der Waals surface area contributed by atoms with E-state index in [0.29, 0.717) is 127 Å². The highest BCUT2D eigenvalue weighted by Gasteiger charge is 2.30. The van der Waals surface area contributed by atoms with Gasteiger partial charge in [0.15, 0.2) is 0 Å². The largest absolute Gasteiger partial charge is 0.445 e. The summed E-state index contributed by atoms with van der Waals surface area (Å²) in [4.78, 5) is 67.5. The summed E-state index contributed by atoms with van der Waals surface area (Å²) in [6.07, 6.45) is 0.996. The van der Waals surface area contributed by atoms with Gasteiger partial charge in [0, 0.05) is 91.6 Å². The van der Waals surface area contributed by atoms with Crippen LogP contribution in [0.4, 0.5) is 45.3 Å². The van der Waals surface area contributed by atoms with E-state index in [0.717, 1.165) is 18.4 Å². The molecule has 2 aromatic heterocycles. The summed E-state index contributed by atoms with van der Waals surface area (Å²) in [7, 11) is 0. The molecule has 342 valence electrons. The molecule has 0 spiro atoms. The van der Waals surface area contributed by atoms with Gasteiger partial charge >= 0.3 is 12.2 Å². The molecule has 8 rings (SSSR count). The van der Waals surface area contributed by atoms with E-state index in [9.17, 15) is 9.59 Å². The molecule has 3 aliphatic heterocycles. The van der Waals surface area contributed by atoms with Crippen LogP contribution in [0, 0.1) is 0 Å². The first kappa shape index (κ1) is 44.6.